The van der Waals surface area contributed by atoms with Crippen molar-refractivity contribution in [1.82, 2.24) is 9.38 Å². The highest BCUT2D eigenvalue weighted by atomic mass is 15.0. The summed E-state index contributed by atoms with van der Waals surface area (Å²) in [7, 11) is 0. The van der Waals surface area contributed by atoms with Crippen LogP contribution in [0.5, 0.6) is 0 Å². The Morgan fingerprint density at radius 3 is 2.75 bits per heavy atom. The predicted molar refractivity (Wildman–Crippen MR) is 66.8 cm³/mol. The van der Waals surface area contributed by atoms with Crippen molar-refractivity contribution in [2.24, 2.45) is 5.73 Å². The molecule has 0 unspecified atom stereocenters. The Kier molecular flexibility index (Phi) is 2.97. The van der Waals surface area contributed by atoms with E-state index in [2.05, 4.69) is 37.3 Å². The molecule has 3 nitrogen and oxygen atoms in total. The Morgan fingerprint density at radius 1 is 1.38 bits per heavy atom. The quantitative estimate of drug-likeness (QED) is 0.857. The van der Waals surface area contributed by atoms with Gasteiger partial charge >= 0.3 is 0 Å². The molecule has 2 rings (SSSR count). The first-order valence-corrected chi connectivity index (χ1v) is 5.82. The van der Waals surface area contributed by atoms with Gasteiger partial charge < -0.3 is 10.1 Å². The van der Waals surface area contributed by atoms with Crippen LogP contribution >= 0.6 is 0 Å². The zero-order chi connectivity index (χ0) is 11.7. The maximum atomic E-state index is 5.69. The van der Waals surface area contributed by atoms with Gasteiger partial charge in [0.2, 0.25) is 0 Å². The lowest BCUT2D eigenvalue weighted by Crippen LogP contribution is -2.09. The molecule has 0 aliphatic rings. The molecule has 0 saturated carbocycles. The number of nitrogens with zero attached hydrogens (tertiary/aromatic N) is 2. The van der Waals surface area contributed by atoms with Crippen LogP contribution in [0.15, 0.2) is 18.2 Å². The molecule has 0 fully saturated rings. The van der Waals surface area contributed by atoms with Gasteiger partial charge in [-0.15, -0.1) is 0 Å². The van der Waals surface area contributed by atoms with Crippen molar-refractivity contribution in [3.63, 3.8) is 0 Å². The second-order valence-electron chi connectivity index (χ2n) is 4.50. The molecule has 2 aromatic rings. The van der Waals surface area contributed by atoms with E-state index in [1.807, 2.05) is 6.07 Å². The Labute approximate surface area is 96.3 Å². The monoisotopic (exact) mass is 217 g/mol. The van der Waals surface area contributed by atoms with E-state index in [0.717, 1.165) is 12.1 Å². The van der Waals surface area contributed by atoms with Gasteiger partial charge in [0.1, 0.15) is 5.65 Å². The number of aromatic nitrogens is 2. The minimum Gasteiger partial charge on any atom is -0.330 e. The number of imidazole rings is 1. The summed E-state index contributed by atoms with van der Waals surface area (Å²) < 4.78 is 2.22. The average molecular weight is 217 g/mol. The van der Waals surface area contributed by atoms with E-state index in [4.69, 9.17) is 10.7 Å². The van der Waals surface area contributed by atoms with Gasteiger partial charge in [0.05, 0.1) is 5.69 Å². The van der Waals surface area contributed by atoms with Crippen LogP contribution in [-0.4, -0.2) is 15.9 Å². The molecule has 86 valence electrons. The zero-order valence-corrected chi connectivity index (χ0v) is 10.2. The van der Waals surface area contributed by atoms with E-state index >= 15 is 0 Å². The molecule has 0 aromatic carbocycles. The van der Waals surface area contributed by atoms with Crippen molar-refractivity contribution in [3.05, 3.63) is 35.3 Å². The smallest absolute Gasteiger partial charge is 0.137 e. The number of hydrogen-bond donors (Lipinski definition) is 1. The van der Waals surface area contributed by atoms with Crippen LogP contribution in [0.3, 0.4) is 0 Å². The van der Waals surface area contributed by atoms with Crippen LogP contribution in [0.25, 0.3) is 5.65 Å². The molecule has 2 heterocycles. The fourth-order valence-electron chi connectivity index (χ4n) is 2.18. The van der Waals surface area contributed by atoms with Gasteiger partial charge in [0.25, 0.3) is 0 Å². The number of fused-ring (bicyclic) bond motifs is 1. The highest BCUT2D eigenvalue weighted by Gasteiger charge is 2.14. The number of rotatable bonds is 3. The minimum atomic E-state index is 0.445. The van der Waals surface area contributed by atoms with E-state index in [0.29, 0.717) is 12.5 Å². The van der Waals surface area contributed by atoms with Crippen molar-refractivity contribution in [2.75, 3.05) is 6.54 Å². The van der Waals surface area contributed by atoms with Gasteiger partial charge in [-0.05, 0) is 31.5 Å². The van der Waals surface area contributed by atoms with Gasteiger partial charge in [-0.25, -0.2) is 4.98 Å². The number of hydrogen-bond acceptors (Lipinski definition) is 2. The average Bonchev–Trinajstić information content (AvgIpc) is 2.59. The van der Waals surface area contributed by atoms with Gasteiger partial charge in [-0.2, -0.15) is 0 Å². The van der Waals surface area contributed by atoms with E-state index in [-0.39, 0.29) is 0 Å². The van der Waals surface area contributed by atoms with Crippen molar-refractivity contribution in [2.45, 2.75) is 33.1 Å². The normalized spacial score (nSPS) is 11.6. The molecule has 0 bridgehead atoms. The van der Waals surface area contributed by atoms with Crippen molar-refractivity contribution < 1.29 is 0 Å². The Hall–Kier alpha value is -1.35. The van der Waals surface area contributed by atoms with E-state index in [9.17, 15) is 0 Å². The fourth-order valence-corrected chi connectivity index (χ4v) is 2.18. The first-order chi connectivity index (χ1) is 7.65. The third-order valence-corrected chi connectivity index (χ3v) is 2.89. The summed E-state index contributed by atoms with van der Waals surface area (Å²) >= 11 is 0. The van der Waals surface area contributed by atoms with Gasteiger partial charge in [0, 0.05) is 17.8 Å². The van der Waals surface area contributed by atoms with E-state index in [1.54, 1.807) is 0 Å². The molecule has 0 spiro atoms. The molecule has 0 saturated heterocycles. The third kappa shape index (κ3) is 1.71. The molecule has 0 atom stereocenters. The number of pyridine rings is 1. The van der Waals surface area contributed by atoms with Crippen LogP contribution in [0, 0.1) is 6.92 Å². The molecular formula is C13H19N3. The molecular weight excluding hydrogens is 198 g/mol. The molecule has 0 amide bonds. The molecule has 2 aromatic heterocycles. The lowest BCUT2D eigenvalue weighted by Gasteiger charge is -2.07. The number of nitrogens with two attached hydrogens (primary N) is 1. The summed E-state index contributed by atoms with van der Waals surface area (Å²) in [5.74, 6) is 0.445. The summed E-state index contributed by atoms with van der Waals surface area (Å²) in [6, 6.07) is 6.21. The van der Waals surface area contributed by atoms with Crippen LogP contribution in [-0.2, 0) is 6.42 Å². The zero-order valence-electron chi connectivity index (χ0n) is 10.2. The topological polar surface area (TPSA) is 43.3 Å². The SMILES string of the molecule is Cc1cccc2nc(C(C)C)c(CCN)n12. The van der Waals surface area contributed by atoms with Crippen molar-refractivity contribution >= 4 is 5.65 Å². The summed E-state index contributed by atoms with van der Waals surface area (Å²) in [5.41, 5.74) is 10.4. The predicted octanol–water partition coefficient (Wildman–Crippen LogP) is 2.27. The molecule has 2 N–H and O–H groups in total. The van der Waals surface area contributed by atoms with Crippen molar-refractivity contribution in [1.29, 1.82) is 0 Å². The first-order valence-electron chi connectivity index (χ1n) is 5.82. The molecule has 3 heteroatoms. The lowest BCUT2D eigenvalue weighted by molar-refractivity contribution is 0.788. The molecule has 0 aliphatic heterocycles. The van der Waals surface area contributed by atoms with E-state index < -0.39 is 0 Å². The highest BCUT2D eigenvalue weighted by molar-refractivity contribution is 5.46. The summed E-state index contributed by atoms with van der Waals surface area (Å²) in [5, 5.41) is 0. The third-order valence-electron chi connectivity index (χ3n) is 2.89. The van der Waals surface area contributed by atoms with E-state index in [1.165, 1.54) is 17.1 Å². The first kappa shape index (κ1) is 11.1. The van der Waals surface area contributed by atoms with Gasteiger partial charge in [-0.3, -0.25) is 0 Å². The number of aryl methyl sites for hydroxylation is 1. The largest absolute Gasteiger partial charge is 0.330 e. The standard InChI is InChI=1S/C13H19N3/c1-9(2)13-11(7-8-14)16-10(3)5-4-6-12(16)15-13/h4-6,9H,7-8,14H2,1-3H3. The van der Waals surface area contributed by atoms with Gasteiger partial charge in [-0.1, -0.05) is 19.9 Å². The van der Waals surface area contributed by atoms with Crippen LogP contribution in [0.1, 0.15) is 36.8 Å². The molecule has 0 radical (unpaired) electrons. The Morgan fingerprint density at radius 2 is 2.12 bits per heavy atom. The van der Waals surface area contributed by atoms with Crippen LogP contribution in [0.2, 0.25) is 0 Å². The molecule has 0 aliphatic carbocycles. The maximum Gasteiger partial charge on any atom is 0.137 e. The lowest BCUT2D eigenvalue weighted by atomic mass is 10.1. The maximum absolute atomic E-state index is 5.69. The molecule has 16 heavy (non-hydrogen) atoms. The Balaban J connectivity index is 2.72. The minimum absolute atomic E-state index is 0.445. The Bertz CT molecular complexity index is 497. The summed E-state index contributed by atoms with van der Waals surface area (Å²) in [6.07, 6.45) is 0.888. The fraction of sp³-hybridized carbons (Fsp3) is 0.462. The summed E-state index contributed by atoms with van der Waals surface area (Å²) in [6.45, 7) is 7.13. The second kappa shape index (κ2) is 4.26. The highest BCUT2D eigenvalue weighted by Crippen LogP contribution is 2.22. The summed E-state index contributed by atoms with van der Waals surface area (Å²) in [4.78, 5) is 4.70. The van der Waals surface area contributed by atoms with Crippen LogP contribution in [0.4, 0.5) is 0 Å². The second-order valence-corrected chi connectivity index (χ2v) is 4.50. The van der Waals surface area contributed by atoms with Gasteiger partial charge in [0.15, 0.2) is 0 Å². The van der Waals surface area contributed by atoms with Crippen LogP contribution < -0.4 is 5.73 Å². The van der Waals surface area contributed by atoms with Crippen molar-refractivity contribution in [3.8, 4) is 0 Å².